The summed E-state index contributed by atoms with van der Waals surface area (Å²) in [5.41, 5.74) is 2.20. The summed E-state index contributed by atoms with van der Waals surface area (Å²) in [7, 11) is 0. The molecule has 2 aromatic rings. The minimum atomic E-state index is 0.105. The molecule has 1 N–H and O–H groups in total. The van der Waals surface area contributed by atoms with E-state index in [0.717, 1.165) is 30.1 Å². The number of benzene rings is 1. The Morgan fingerprint density at radius 2 is 1.92 bits per heavy atom. The molecule has 1 aliphatic carbocycles. The summed E-state index contributed by atoms with van der Waals surface area (Å²) >= 11 is 0. The van der Waals surface area contributed by atoms with Gasteiger partial charge in [0, 0.05) is 37.2 Å². The zero-order valence-electron chi connectivity index (χ0n) is 14.6. The van der Waals surface area contributed by atoms with E-state index in [1.54, 1.807) is 12.5 Å². The molecule has 1 aliphatic heterocycles. The van der Waals surface area contributed by atoms with Gasteiger partial charge in [-0.2, -0.15) is 0 Å². The van der Waals surface area contributed by atoms with Crippen molar-refractivity contribution < 1.29 is 4.79 Å². The number of aromatic nitrogens is 2. The summed E-state index contributed by atoms with van der Waals surface area (Å²) in [6.45, 7) is 1.49. The quantitative estimate of drug-likeness (QED) is 0.923. The van der Waals surface area contributed by atoms with Crippen molar-refractivity contribution in [3.63, 3.8) is 0 Å². The summed E-state index contributed by atoms with van der Waals surface area (Å²) in [6.07, 6.45) is 13.1. The van der Waals surface area contributed by atoms with Crippen LogP contribution in [-0.2, 0) is 6.54 Å². The number of nitrogens with zero attached hydrogens (tertiary/aromatic N) is 3. The van der Waals surface area contributed by atoms with E-state index >= 15 is 0 Å². The highest BCUT2D eigenvalue weighted by Gasteiger charge is 2.35. The average Bonchev–Trinajstić information content (AvgIpc) is 3.41. The van der Waals surface area contributed by atoms with E-state index in [1.807, 2.05) is 10.8 Å². The van der Waals surface area contributed by atoms with Gasteiger partial charge in [0.1, 0.15) is 0 Å². The third-order valence-electron chi connectivity index (χ3n) is 5.69. The maximum atomic E-state index is 12.6. The van der Waals surface area contributed by atoms with Crippen LogP contribution in [0.2, 0.25) is 0 Å². The van der Waals surface area contributed by atoms with Crippen LogP contribution in [0.25, 0.3) is 5.69 Å². The maximum absolute atomic E-state index is 12.6. The van der Waals surface area contributed by atoms with Gasteiger partial charge in [-0.1, -0.05) is 25.0 Å². The Balaban J connectivity index is 1.33. The Labute approximate surface area is 149 Å². The van der Waals surface area contributed by atoms with Crippen molar-refractivity contribution in [2.45, 2.75) is 51.1 Å². The van der Waals surface area contributed by atoms with Crippen molar-refractivity contribution in [2.24, 2.45) is 5.92 Å². The number of imidazole rings is 1. The highest BCUT2D eigenvalue weighted by atomic mass is 16.2. The van der Waals surface area contributed by atoms with Gasteiger partial charge in [-0.25, -0.2) is 9.78 Å². The van der Waals surface area contributed by atoms with Crippen LogP contribution in [-0.4, -0.2) is 33.1 Å². The minimum absolute atomic E-state index is 0.105. The Kier molecular flexibility index (Phi) is 4.72. The standard InChI is InChI=1S/C20H26N4O/c25-20(24-12-3-6-19(24)17-4-1-2-5-17)22-14-16-7-9-18(10-8-16)23-13-11-21-15-23/h7-11,13,15,17,19H,1-6,12,14H2,(H,22,25). The highest BCUT2D eigenvalue weighted by molar-refractivity contribution is 5.75. The lowest BCUT2D eigenvalue weighted by Gasteiger charge is -2.29. The zero-order chi connectivity index (χ0) is 17.1. The van der Waals surface area contributed by atoms with Gasteiger partial charge >= 0.3 is 6.03 Å². The van der Waals surface area contributed by atoms with Crippen molar-refractivity contribution in [3.8, 4) is 5.69 Å². The first-order valence-electron chi connectivity index (χ1n) is 9.43. The molecule has 4 rings (SSSR count). The van der Waals surface area contributed by atoms with Crippen LogP contribution in [0.1, 0.15) is 44.1 Å². The van der Waals surface area contributed by atoms with Crippen LogP contribution in [0.3, 0.4) is 0 Å². The molecule has 0 spiro atoms. The molecule has 5 heteroatoms. The number of rotatable bonds is 4. The molecular weight excluding hydrogens is 312 g/mol. The van der Waals surface area contributed by atoms with Crippen molar-refractivity contribution in [3.05, 3.63) is 48.5 Å². The summed E-state index contributed by atoms with van der Waals surface area (Å²) < 4.78 is 1.97. The largest absolute Gasteiger partial charge is 0.334 e. The van der Waals surface area contributed by atoms with E-state index in [9.17, 15) is 4.79 Å². The average molecular weight is 338 g/mol. The first-order valence-corrected chi connectivity index (χ1v) is 9.43. The smallest absolute Gasteiger partial charge is 0.317 e. The normalized spacial score (nSPS) is 21.0. The molecule has 25 heavy (non-hydrogen) atoms. The van der Waals surface area contributed by atoms with Crippen LogP contribution < -0.4 is 5.32 Å². The molecule has 132 valence electrons. The van der Waals surface area contributed by atoms with E-state index < -0.39 is 0 Å². The van der Waals surface area contributed by atoms with Gasteiger partial charge in [-0.3, -0.25) is 0 Å². The molecule has 1 saturated heterocycles. The number of hydrogen-bond acceptors (Lipinski definition) is 2. The number of carbonyl (C=O) groups excluding carboxylic acids is 1. The molecule has 5 nitrogen and oxygen atoms in total. The number of amides is 2. The fraction of sp³-hybridized carbons (Fsp3) is 0.500. The second-order valence-corrected chi connectivity index (χ2v) is 7.24. The number of likely N-dealkylation sites (tertiary alicyclic amines) is 1. The molecule has 1 aromatic carbocycles. The summed E-state index contributed by atoms with van der Waals surface area (Å²) in [6, 6.07) is 8.81. The van der Waals surface area contributed by atoms with E-state index in [4.69, 9.17) is 0 Å². The molecule has 2 amide bonds. The Morgan fingerprint density at radius 3 is 2.64 bits per heavy atom. The first kappa shape index (κ1) is 16.2. The zero-order valence-corrected chi connectivity index (χ0v) is 14.6. The van der Waals surface area contributed by atoms with Crippen molar-refractivity contribution >= 4 is 6.03 Å². The van der Waals surface area contributed by atoms with Gasteiger partial charge in [-0.05, 0) is 49.3 Å². The molecule has 1 aromatic heterocycles. The molecular formula is C20H26N4O. The Hall–Kier alpha value is -2.30. The molecule has 1 saturated carbocycles. The second-order valence-electron chi connectivity index (χ2n) is 7.24. The Morgan fingerprint density at radius 1 is 1.12 bits per heavy atom. The van der Waals surface area contributed by atoms with Crippen molar-refractivity contribution in [1.82, 2.24) is 19.8 Å². The van der Waals surface area contributed by atoms with Gasteiger partial charge in [0.25, 0.3) is 0 Å². The fourth-order valence-corrected chi connectivity index (χ4v) is 4.35. The SMILES string of the molecule is O=C(NCc1ccc(-n2ccnc2)cc1)N1CCCC1C1CCCC1. The van der Waals surface area contributed by atoms with Gasteiger partial charge in [0.15, 0.2) is 0 Å². The van der Waals surface area contributed by atoms with Crippen LogP contribution >= 0.6 is 0 Å². The number of hydrogen-bond donors (Lipinski definition) is 1. The van der Waals surface area contributed by atoms with Gasteiger partial charge in [0.2, 0.25) is 0 Å². The third-order valence-corrected chi connectivity index (χ3v) is 5.69. The number of carbonyl (C=O) groups is 1. The van der Waals surface area contributed by atoms with Gasteiger partial charge < -0.3 is 14.8 Å². The van der Waals surface area contributed by atoms with Gasteiger partial charge in [0.05, 0.1) is 6.33 Å². The minimum Gasteiger partial charge on any atom is -0.334 e. The fourth-order valence-electron chi connectivity index (χ4n) is 4.35. The monoisotopic (exact) mass is 338 g/mol. The van der Waals surface area contributed by atoms with E-state index in [-0.39, 0.29) is 6.03 Å². The number of urea groups is 1. The predicted molar refractivity (Wildman–Crippen MR) is 97.5 cm³/mol. The van der Waals surface area contributed by atoms with E-state index in [0.29, 0.717) is 12.6 Å². The molecule has 2 aliphatic rings. The predicted octanol–water partition coefficient (Wildman–Crippen LogP) is 3.74. The first-order chi connectivity index (χ1) is 12.3. The summed E-state index contributed by atoms with van der Waals surface area (Å²) in [5.74, 6) is 0.725. The van der Waals surface area contributed by atoms with Gasteiger partial charge in [-0.15, -0.1) is 0 Å². The molecule has 0 bridgehead atoms. The molecule has 2 fully saturated rings. The second kappa shape index (κ2) is 7.30. The number of nitrogens with one attached hydrogen (secondary N) is 1. The van der Waals surface area contributed by atoms with Crippen LogP contribution in [0, 0.1) is 5.92 Å². The van der Waals surface area contributed by atoms with Crippen molar-refractivity contribution in [1.29, 1.82) is 0 Å². The van der Waals surface area contributed by atoms with Crippen molar-refractivity contribution in [2.75, 3.05) is 6.54 Å². The lowest BCUT2D eigenvalue weighted by atomic mass is 9.96. The van der Waals surface area contributed by atoms with E-state index in [1.165, 1.54) is 32.1 Å². The lowest BCUT2D eigenvalue weighted by Crippen LogP contribution is -2.45. The lowest BCUT2D eigenvalue weighted by molar-refractivity contribution is 0.172. The topological polar surface area (TPSA) is 50.2 Å². The van der Waals surface area contributed by atoms with Crippen LogP contribution in [0.4, 0.5) is 4.79 Å². The maximum Gasteiger partial charge on any atom is 0.317 e. The highest BCUT2D eigenvalue weighted by Crippen LogP contribution is 2.35. The third kappa shape index (κ3) is 3.55. The Bertz CT molecular complexity index is 689. The van der Waals surface area contributed by atoms with E-state index in [2.05, 4.69) is 39.5 Å². The molecule has 1 atom stereocenters. The molecule has 2 heterocycles. The summed E-state index contributed by atoms with van der Waals surface area (Å²) in [5, 5.41) is 3.12. The molecule has 0 radical (unpaired) electrons. The molecule has 1 unspecified atom stereocenters. The summed E-state index contributed by atoms with van der Waals surface area (Å²) in [4.78, 5) is 18.8. The van der Waals surface area contributed by atoms with Crippen LogP contribution in [0.15, 0.2) is 43.0 Å². The van der Waals surface area contributed by atoms with Crippen LogP contribution in [0.5, 0.6) is 0 Å².